The Morgan fingerprint density at radius 2 is 1.79 bits per heavy atom. The van der Waals surface area contributed by atoms with E-state index in [2.05, 4.69) is 34.4 Å². The minimum absolute atomic E-state index is 0.0200. The van der Waals surface area contributed by atoms with E-state index >= 15 is 0 Å². The third-order valence-electron chi connectivity index (χ3n) is 4.16. The van der Waals surface area contributed by atoms with Crippen molar-refractivity contribution in [1.29, 1.82) is 0 Å². The van der Waals surface area contributed by atoms with Gasteiger partial charge >= 0.3 is 7.82 Å². The van der Waals surface area contributed by atoms with Gasteiger partial charge < -0.3 is 14.9 Å². The Bertz CT molecular complexity index is 1380. The van der Waals surface area contributed by atoms with Gasteiger partial charge in [-0.3, -0.25) is 9.32 Å². The van der Waals surface area contributed by atoms with E-state index in [1.54, 1.807) is 0 Å². The average molecular weight is 508 g/mol. The summed E-state index contributed by atoms with van der Waals surface area (Å²) in [7, 11) is -8.86. The lowest BCUT2D eigenvalue weighted by Gasteiger charge is -2.12. The molecule has 1 aromatic carbocycles. The first-order valence-corrected chi connectivity index (χ1v) is 12.2. The fourth-order valence-electron chi connectivity index (χ4n) is 2.57. The van der Waals surface area contributed by atoms with Crippen LogP contribution < -0.4 is 4.72 Å². The fraction of sp³-hybridized carbons (Fsp3) is 0.111. The average Bonchev–Trinajstić information content (AvgIpc) is 2.78. The second-order valence-corrected chi connectivity index (χ2v) is 9.44. The summed E-state index contributed by atoms with van der Waals surface area (Å²) < 4.78 is 42.6. The molecule has 4 N–H and O–H groups in total. The Balaban J connectivity index is 1.88. The third kappa shape index (κ3) is 6.24. The number of hydrogen-bond acceptors (Lipinski definition) is 11. The third-order valence-corrected chi connectivity index (χ3v) is 5.97. The number of carbonyl (C=O) groups is 1. The maximum Gasteiger partial charge on any atom is 0.469 e. The van der Waals surface area contributed by atoms with Gasteiger partial charge in [-0.05, 0) is 37.3 Å². The first kappa shape index (κ1) is 25.0. The molecule has 3 rings (SSSR count). The van der Waals surface area contributed by atoms with E-state index in [1.165, 1.54) is 49.6 Å². The summed E-state index contributed by atoms with van der Waals surface area (Å²) in [4.78, 5) is 40.8. The predicted molar refractivity (Wildman–Crippen MR) is 116 cm³/mol. The van der Waals surface area contributed by atoms with Crippen molar-refractivity contribution in [3.8, 4) is 5.75 Å². The number of phosphoric acid groups is 1. The van der Waals surface area contributed by atoms with Crippen molar-refractivity contribution in [2.45, 2.75) is 18.4 Å². The van der Waals surface area contributed by atoms with Gasteiger partial charge in [0.25, 0.3) is 10.0 Å². The van der Waals surface area contributed by atoms with E-state index in [-0.39, 0.29) is 45.5 Å². The maximum absolute atomic E-state index is 12.4. The minimum Gasteiger partial charge on any atom is -0.505 e. The van der Waals surface area contributed by atoms with Crippen molar-refractivity contribution in [1.82, 2.24) is 15.0 Å². The zero-order valence-corrected chi connectivity index (χ0v) is 19.0. The van der Waals surface area contributed by atoms with E-state index in [4.69, 9.17) is 9.79 Å². The van der Waals surface area contributed by atoms with Crippen LogP contribution in [0.4, 0.5) is 17.5 Å². The predicted octanol–water partition coefficient (Wildman–Crippen LogP) is 2.52. The Morgan fingerprint density at radius 3 is 2.38 bits per heavy atom. The number of benzene rings is 1. The molecule has 0 fully saturated rings. The lowest BCUT2D eigenvalue weighted by Crippen LogP contribution is -2.14. The number of pyridine rings is 1. The number of nitrogens with zero attached hydrogens (tertiary/aromatic N) is 5. The second-order valence-electron chi connectivity index (χ2n) is 6.52. The number of rotatable bonds is 9. The Hall–Kier alpha value is -3.62. The molecule has 0 bridgehead atoms. The molecule has 0 saturated heterocycles. The molecular formula is C18H17N6O8PS. The Kier molecular flexibility index (Phi) is 7.44. The van der Waals surface area contributed by atoms with Crippen LogP contribution in [0.25, 0.3) is 0 Å². The number of hydrogen-bond donors (Lipinski definition) is 4. The van der Waals surface area contributed by atoms with Gasteiger partial charge in [-0.25, -0.2) is 32.7 Å². The number of azo groups is 1. The Labute approximate surface area is 192 Å². The molecule has 0 aliphatic heterocycles. The van der Waals surface area contributed by atoms with Crippen LogP contribution in [-0.4, -0.2) is 44.5 Å². The number of anilines is 1. The van der Waals surface area contributed by atoms with E-state index < -0.39 is 30.2 Å². The molecule has 0 unspecified atom stereocenters. The molecule has 0 saturated carbocycles. The van der Waals surface area contributed by atoms with Crippen LogP contribution in [0.1, 0.15) is 21.6 Å². The van der Waals surface area contributed by atoms with Gasteiger partial charge in [0.2, 0.25) is 5.95 Å². The highest BCUT2D eigenvalue weighted by Crippen LogP contribution is 2.40. The fourth-order valence-corrected chi connectivity index (χ4v) is 3.82. The quantitative estimate of drug-likeness (QED) is 0.187. The van der Waals surface area contributed by atoms with Crippen molar-refractivity contribution in [3.05, 3.63) is 59.5 Å². The zero-order chi connectivity index (χ0) is 24.9. The monoisotopic (exact) mass is 508 g/mol. The number of carbonyl (C=O) groups excluding carboxylic acids is 1. The number of nitrogens with one attached hydrogen (secondary N) is 1. The van der Waals surface area contributed by atoms with Crippen LogP contribution in [0.15, 0.2) is 57.8 Å². The van der Waals surface area contributed by atoms with Crippen molar-refractivity contribution in [3.63, 3.8) is 0 Å². The summed E-state index contributed by atoms with van der Waals surface area (Å²) in [5, 5.41) is 17.8. The Morgan fingerprint density at radius 1 is 1.15 bits per heavy atom. The van der Waals surface area contributed by atoms with Crippen molar-refractivity contribution in [2.24, 2.45) is 10.2 Å². The summed E-state index contributed by atoms with van der Waals surface area (Å²) in [6.45, 7) is 0.607. The SMILES string of the molecule is Cc1nc(N=Nc2ccc(S(=O)(=O)Nc3ncccn3)cc2)c(COP(=O)(O)O)c(C=O)c1O. The zero-order valence-electron chi connectivity index (χ0n) is 17.3. The van der Waals surface area contributed by atoms with Gasteiger partial charge in [0.1, 0.15) is 5.75 Å². The summed E-state index contributed by atoms with van der Waals surface area (Å²) in [5.41, 5.74) is -0.300. The molecule has 0 aliphatic carbocycles. The molecule has 0 amide bonds. The van der Waals surface area contributed by atoms with Gasteiger partial charge in [-0.15, -0.1) is 10.2 Å². The molecule has 0 spiro atoms. The first-order chi connectivity index (χ1) is 16.0. The highest BCUT2D eigenvalue weighted by Gasteiger charge is 2.22. The number of aromatic nitrogens is 3. The first-order valence-electron chi connectivity index (χ1n) is 9.19. The molecule has 34 heavy (non-hydrogen) atoms. The van der Waals surface area contributed by atoms with Crippen LogP contribution in [0, 0.1) is 6.92 Å². The molecule has 2 heterocycles. The number of sulfonamides is 1. The largest absolute Gasteiger partial charge is 0.505 e. The topological polar surface area (TPSA) is 214 Å². The summed E-state index contributed by atoms with van der Waals surface area (Å²) >= 11 is 0. The standard InChI is InChI=1S/C18H17N6O8PS/c1-11-16(26)14(9-25)15(10-32-33(27,28)29)17(21-11)23-22-12-3-5-13(6-4-12)34(30,31)24-18-19-7-2-8-20-18/h2-9,26H,10H2,1H3,(H,19,20,24)(H2,27,28,29). The van der Waals surface area contributed by atoms with Gasteiger partial charge in [-0.1, -0.05) is 0 Å². The molecule has 3 aromatic rings. The second kappa shape index (κ2) is 10.1. The van der Waals surface area contributed by atoms with E-state index in [0.29, 0.717) is 0 Å². The van der Waals surface area contributed by atoms with Gasteiger partial charge in [0.05, 0.1) is 28.4 Å². The van der Waals surface area contributed by atoms with Crippen molar-refractivity contribution in [2.75, 3.05) is 4.72 Å². The van der Waals surface area contributed by atoms with Gasteiger partial charge in [-0.2, -0.15) is 0 Å². The van der Waals surface area contributed by atoms with Crippen LogP contribution in [0.3, 0.4) is 0 Å². The molecule has 178 valence electrons. The van der Waals surface area contributed by atoms with Crippen LogP contribution in [0.2, 0.25) is 0 Å². The smallest absolute Gasteiger partial charge is 0.469 e. The number of aryl methyl sites for hydroxylation is 1. The highest BCUT2D eigenvalue weighted by atomic mass is 32.2. The minimum atomic E-state index is -4.90. The molecular weight excluding hydrogens is 491 g/mol. The van der Waals surface area contributed by atoms with Gasteiger partial charge in [0.15, 0.2) is 12.1 Å². The van der Waals surface area contributed by atoms with E-state index in [0.717, 1.165) is 0 Å². The highest BCUT2D eigenvalue weighted by molar-refractivity contribution is 7.92. The summed E-state index contributed by atoms with van der Waals surface area (Å²) in [6.07, 6.45) is 3.02. The van der Waals surface area contributed by atoms with Crippen LogP contribution in [0.5, 0.6) is 5.75 Å². The normalized spacial score (nSPS) is 12.1. The van der Waals surface area contributed by atoms with Crippen molar-refractivity contribution >= 4 is 41.6 Å². The molecule has 14 nitrogen and oxygen atoms in total. The lowest BCUT2D eigenvalue weighted by molar-refractivity contribution is 0.111. The molecule has 0 atom stereocenters. The molecule has 2 aromatic heterocycles. The molecule has 0 radical (unpaired) electrons. The molecule has 16 heteroatoms. The molecule has 0 aliphatic rings. The van der Waals surface area contributed by atoms with Crippen molar-refractivity contribution < 1.29 is 37.2 Å². The van der Waals surface area contributed by atoms with E-state index in [9.17, 15) is 22.9 Å². The van der Waals surface area contributed by atoms with Crippen LogP contribution in [-0.2, 0) is 25.7 Å². The number of phosphoric ester groups is 1. The summed E-state index contributed by atoms with van der Waals surface area (Å²) in [5.74, 6) is -0.829. The van der Waals surface area contributed by atoms with Crippen LogP contribution >= 0.6 is 7.82 Å². The van der Waals surface area contributed by atoms with Gasteiger partial charge in [0, 0.05) is 18.0 Å². The summed E-state index contributed by atoms with van der Waals surface area (Å²) in [6, 6.07) is 6.71. The van der Waals surface area contributed by atoms with E-state index in [1.807, 2.05) is 0 Å². The number of aldehydes is 1. The lowest BCUT2D eigenvalue weighted by atomic mass is 10.1. The number of aromatic hydroxyl groups is 1. The maximum atomic E-state index is 12.4.